The molecule has 4 heteroatoms. The second-order valence-corrected chi connectivity index (χ2v) is 8.35. The average Bonchev–Trinajstić information content (AvgIpc) is 2.72. The summed E-state index contributed by atoms with van der Waals surface area (Å²) in [6.07, 6.45) is 5.17. The minimum absolute atomic E-state index is 0.163. The summed E-state index contributed by atoms with van der Waals surface area (Å²) in [6.45, 7) is 4.59. The van der Waals surface area contributed by atoms with Gasteiger partial charge in [-0.3, -0.25) is 9.69 Å². The topological polar surface area (TPSA) is 26.8 Å². The van der Waals surface area contributed by atoms with E-state index in [0.717, 1.165) is 46.6 Å². The molecule has 30 heavy (non-hydrogen) atoms. The third-order valence-electron chi connectivity index (χ3n) is 5.41. The maximum atomic E-state index is 13.3. The fourth-order valence-electron chi connectivity index (χ4n) is 3.72. The van der Waals surface area contributed by atoms with Crippen LogP contribution in [0.4, 0.5) is 11.4 Å². The molecule has 0 aromatic heterocycles. The van der Waals surface area contributed by atoms with Crippen molar-refractivity contribution in [2.45, 2.75) is 13.3 Å². The number of Topliss-reactive ketones (excluding diaryl/α,β-unsaturated/α-hetero) is 1. The number of likely N-dealkylation sites (tertiary alicyclic amines) is 1. The molecule has 1 aliphatic heterocycles. The normalized spacial score (nSPS) is 17.6. The van der Waals surface area contributed by atoms with Crippen LogP contribution in [0.5, 0.6) is 0 Å². The van der Waals surface area contributed by atoms with Crippen LogP contribution < -0.4 is 9.80 Å². The van der Waals surface area contributed by atoms with Gasteiger partial charge in [-0.25, -0.2) is 0 Å². The highest BCUT2D eigenvalue weighted by molar-refractivity contribution is 6.14. The summed E-state index contributed by atoms with van der Waals surface area (Å²) in [4.78, 5) is 19.8. The molecule has 0 unspecified atom stereocenters. The van der Waals surface area contributed by atoms with Crippen LogP contribution in [0.2, 0.25) is 0 Å². The molecule has 4 nitrogen and oxygen atoms in total. The van der Waals surface area contributed by atoms with Crippen molar-refractivity contribution < 1.29 is 4.79 Å². The van der Waals surface area contributed by atoms with Gasteiger partial charge in [-0.15, -0.1) is 0 Å². The summed E-state index contributed by atoms with van der Waals surface area (Å²) in [6, 6.07) is 16.7. The molecular formula is C26H33N3O. The maximum Gasteiger partial charge on any atom is 0.187 e. The Hall–Kier alpha value is -2.85. The number of ketones is 1. The number of piperidine rings is 1. The average molecular weight is 404 g/mol. The van der Waals surface area contributed by atoms with Crippen molar-refractivity contribution in [2.24, 2.45) is 0 Å². The van der Waals surface area contributed by atoms with E-state index in [2.05, 4.69) is 70.2 Å². The van der Waals surface area contributed by atoms with Gasteiger partial charge in [0.25, 0.3) is 0 Å². The maximum absolute atomic E-state index is 13.3. The van der Waals surface area contributed by atoms with Crippen molar-refractivity contribution in [3.8, 4) is 0 Å². The Morgan fingerprint density at radius 3 is 1.50 bits per heavy atom. The lowest BCUT2D eigenvalue weighted by molar-refractivity contribution is -0.113. The molecule has 0 aliphatic carbocycles. The fourth-order valence-corrected chi connectivity index (χ4v) is 3.72. The quantitative estimate of drug-likeness (QED) is 0.660. The van der Waals surface area contributed by atoms with Gasteiger partial charge in [0.1, 0.15) is 0 Å². The zero-order chi connectivity index (χ0) is 21.7. The fraction of sp³-hybridized carbons (Fsp3) is 0.346. The minimum Gasteiger partial charge on any atom is -0.378 e. The monoisotopic (exact) mass is 403 g/mol. The standard InChI is InChI=1S/C26H33N3O/c1-6-15-29-18-22(16-20-7-11-24(12-8-20)27(2)3)26(30)23(19-29)17-21-9-13-25(14-10-21)28(4)5/h7-14,16-17H,6,15,18-19H2,1-5H3. The number of hydrogen-bond acceptors (Lipinski definition) is 4. The zero-order valence-electron chi connectivity index (χ0n) is 18.9. The number of rotatable bonds is 6. The third-order valence-corrected chi connectivity index (χ3v) is 5.41. The second-order valence-electron chi connectivity index (χ2n) is 8.35. The Kier molecular flexibility index (Phi) is 7.11. The molecule has 0 N–H and O–H groups in total. The van der Waals surface area contributed by atoms with E-state index in [4.69, 9.17) is 0 Å². The van der Waals surface area contributed by atoms with E-state index in [1.54, 1.807) is 0 Å². The highest BCUT2D eigenvalue weighted by Crippen LogP contribution is 2.24. The second kappa shape index (κ2) is 9.77. The first-order chi connectivity index (χ1) is 14.4. The van der Waals surface area contributed by atoms with Crippen LogP contribution in [0.1, 0.15) is 24.5 Å². The molecule has 1 heterocycles. The van der Waals surface area contributed by atoms with Gasteiger partial charge in [0.15, 0.2) is 5.78 Å². The Balaban J connectivity index is 1.89. The Labute approximate surface area is 181 Å². The number of carbonyl (C=O) groups excluding carboxylic acids is 1. The number of benzene rings is 2. The van der Waals surface area contributed by atoms with Crippen LogP contribution >= 0.6 is 0 Å². The molecule has 1 aliphatic rings. The molecule has 2 aromatic carbocycles. The number of carbonyl (C=O) groups is 1. The Morgan fingerprint density at radius 2 is 1.17 bits per heavy atom. The SMILES string of the molecule is CCCN1CC(=Cc2ccc(N(C)C)cc2)C(=O)C(=Cc2ccc(N(C)C)cc2)C1. The number of anilines is 2. The number of hydrogen-bond donors (Lipinski definition) is 0. The van der Waals surface area contributed by atoms with Crippen LogP contribution in [0.25, 0.3) is 12.2 Å². The molecule has 0 amide bonds. The molecule has 1 fully saturated rings. The third kappa shape index (κ3) is 5.39. The van der Waals surface area contributed by atoms with Crippen molar-refractivity contribution >= 4 is 29.3 Å². The highest BCUT2D eigenvalue weighted by Gasteiger charge is 2.25. The van der Waals surface area contributed by atoms with E-state index in [1.807, 2.05) is 40.3 Å². The summed E-state index contributed by atoms with van der Waals surface area (Å²) in [7, 11) is 8.12. The van der Waals surface area contributed by atoms with Gasteiger partial charge in [0.2, 0.25) is 0 Å². The highest BCUT2D eigenvalue weighted by atomic mass is 16.1. The smallest absolute Gasteiger partial charge is 0.187 e. The van der Waals surface area contributed by atoms with Gasteiger partial charge in [0, 0.05) is 63.8 Å². The molecule has 0 radical (unpaired) electrons. The first kappa shape index (κ1) is 21.8. The van der Waals surface area contributed by atoms with E-state index < -0.39 is 0 Å². The van der Waals surface area contributed by atoms with Gasteiger partial charge in [-0.2, -0.15) is 0 Å². The molecule has 0 bridgehead atoms. The lowest BCUT2D eigenvalue weighted by Gasteiger charge is -2.29. The van der Waals surface area contributed by atoms with Crippen molar-refractivity contribution in [3.05, 3.63) is 70.8 Å². The van der Waals surface area contributed by atoms with E-state index in [-0.39, 0.29) is 5.78 Å². The van der Waals surface area contributed by atoms with Crippen LogP contribution in [0.3, 0.4) is 0 Å². The van der Waals surface area contributed by atoms with E-state index in [9.17, 15) is 4.79 Å². The van der Waals surface area contributed by atoms with Crippen molar-refractivity contribution in [1.82, 2.24) is 4.90 Å². The molecule has 3 rings (SSSR count). The molecule has 1 saturated heterocycles. The summed E-state index contributed by atoms with van der Waals surface area (Å²) in [5, 5.41) is 0. The predicted molar refractivity (Wildman–Crippen MR) is 129 cm³/mol. The lowest BCUT2D eigenvalue weighted by Crippen LogP contribution is -2.38. The van der Waals surface area contributed by atoms with Gasteiger partial charge in [-0.1, -0.05) is 31.2 Å². The van der Waals surface area contributed by atoms with Gasteiger partial charge in [-0.05, 0) is 60.5 Å². The first-order valence-corrected chi connectivity index (χ1v) is 10.6. The van der Waals surface area contributed by atoms with Crippen LogP contribution in [-0.4, -0.2) is 58.5 Å². The molecule has 0 atom stereocenters. The predicted octanol–water partition coefficient (Wildman–Crippen LogP) is 4.58. The Bertz CT molecular complexity index is 848. The zero-order valence-corrected chi connectivity index (χ0v) is 18.9. The molecule has 0 saturated carbocycles. The van der Waals surface area contributed by atoms with E-state index in [1.165, 1.54) is 0 Å². The molecular weight excluding hydrogens is 370 g/mol. The molecule has 158 valence electrons. The summed E-state index contributed by atoms with van der Waals surface area (Å²) in [5.41, 5.74) is 6.17. The Morgan fingerprint density at radius 1 is 0.767 bits per heavy atom. The minimum atomic E-state index is 0.163. The molecule has 2 aromatic rings. The van der Waals surface area contributed by atoms with Crippen LogP contribution in [-0.2, 0) is 4.79 Å². The number of nitrogens with zero attached hydrogens (tertiary/aromatic N) is 3. The van der Waals surface area contributed by atoms with Gasteiger partial charge in [0.05, 0.1) is 0 Å². The van der Waals surface area contributed by atoms with Crippen LogP contribution in [0.15, 0.2) is 59.7 Å². The van der Waals surface area contributed by atoms with E-state index >= 15 is 0 Å². The molecule has 0 spiro atoms. The van der Waals surface area contributed by atoms with Gasteiger partial charge >= 0.3 is 0 Å². The van der Waals surface area contributed by atoms with Crippen molar-refractivity contribution in [3.63, 3.8) is 0 Å². The first-order valence-electron chi connectivity index (χ1n) is 10.6. The summed E-state index contributed by atoms with van der Waals surface area (Å²) in [5.74, 6) is 0.163. The van der Waals surface area contributed by atoms with Crippen molar-refractivity contribution in [1.29, 1.82) is 0 Å². The van der Waals surface area contributed by atoms with Crippen molar-refractivity contribution in [2.75, 3.05) is 57.6 Å². The van der Waals surface area contributed by atoms with Crippen LogP contribution in [0, 0.1) is 0 Å². The lowest BCUT2D eigenvalue weighted by atomic mass is 9.94. The summed E-state index contributed by atoms with van der Waals surface area (Å²) >= 11 is 0. The summed E-state index contributed by atoms with van der Waals surface area (Å²) < 4.78 is 0. The largest absolute Gasteiger partial charge is 0.378 e. The van der Waals surface area contributed by atoms with Gasteiger partial charge < -0.3 is 9.80 Å². The van der Waals surface area contributed by atoms with E-state index in [0.29, 0.717) is 13.1 Å².